The van der Waals surface area contributed by atoms with Gasteiger partial charge in [-0.25, -0.2) is 0 Å². The summed E-state index contributed by atoms with van der Waals surface area (Å²) in [6.45, 7) is 0.412. The van der Waals surface area contributed by atoms with Crippen molar-refractivity contribution in [2.75, 3.05) is 55.6 Å². The number of aldehydes is 1. The fourth-order valence-electron chi connectivity index (χ4n) is 7.08. The minimum absolute atomic E-state index is 0.0621. The first-order chi connectivity index (χ1) is 34.5. The van der Waals surface area contributed by atoms with Gasteiger partial charge in [0.05, 0.1) is 4.92 Å². The van der Waals surface area contributed by atoms with Gasteiger partial charge in [0.15, 0.2) is 50.2 Å². The molecule has 0 saturated carbocycles. The molecule has 7 rings (SSSR count). The molecule has 0 fully saturated rings. The van der Waals surface area contributed by atoms with Gasteiger partial charge in [0.1, 0.15) is 6.29 Å². The number of nitro groups is 2. The Hall–Kier alpha value is -7.30. The maximum absolute atomic E-state index is 11.1. The van der Waals surface area contributed by atoms with E-state index in [0.717, 1.165) is 23.0 Å². The van der Waals surface area contributed by atoms with Crippen LogP contribution in [-0.2, 0) is 25.1 Å². The predicted molar refractivity (Wildman–Crippen MR) is 281 cm³/mol. The zero-order valence-corrected chi connectivity index (χ0v) is 42.0. The summed E-state index contributed by atoms with van der Waals surface area (Å²) in [6.07, 6.45) is 5.18. The molecular weight excluding hydrogens is 995 g/mol. The Morgan fingerprint density at radius 1 is 0.451 bits per heavy atom. The number of methoxy groups -OCH3 is 4. The van der Waals surface area contributed by atoms with E-state index < -0.39 is 10.2 Å². The second-order valence-electron chi connectivity index (χ2n) is 15.2. The van der Waals surface area contributed by atoms with Crippen molar-refractivity contribution in [2.45, 2.75) is 6.16 Å². The molecule has 0 saturated heterocycles. The molecule has 0 heterocycles. The summed E-state index contributed by atoms with van der Waals surface area (Å²) in [4.78, 5) is 31.6. The van der Waals surface area contributed by atoms with Crippen LogP contribution in [0.15, 0.2) is 176 Å². The second-order valence-corrected chi connectivity index (χ2v) is 24.1. The molecule has 0 aliphatic heterocycles. The molecular formula is C54H54BrN2O13P. The average Bonchev–Trinajstić information content (AvgIpc) is 3.41. The van der Waals surface area contributed by atoms with Gasteiger partial charge in [-0.05, 0) is 53.6 Å². The fraction of sp³-hybridized carbons (Fsp3) is 0.167. The van der Waals surface area contributed by atoms with Crippen LogP contribution in [0.4, 0.5) is 11.4 Å². The molecule has 0 radical (unpaired) electrons. The van der Waals surface area contributed by atoms with Crippen LogP contribution in [0, 0.1) is 20.2 Å². The van der Waals surface area contributed by atoms with E-state index in [9.17, 15) is 25.0 Å². The number of non-ortho nitro benzene ring substituents is 2. The van der Waals surface area contributed by atoms with Crippen molar-refractivity contribution < 1.29 is 52.5 Å². The van der Waals surface area contributed by atoms with Gasteiger partial charge >= 0.3 is 184 Å². The molecule has 15 nitrogen and oxygen atoms in total. The van der Waals surface area contributed by atoms with E-state index in [4.69, 9.17) is 37.9 Å². The van der Waals surface area contributed by atoms with E-state index in [2.05, 4.69) is 88.3 Å². The van der Waals surface area contributed by atoms with Crippen molar-refractivity contribution in [2.24, 2.45) is 0 Å². The first kappa shape index (κ1) is 54.6. The zero-order valence-electron chi connectivity index (χ0n) is 39.5. The standard InChI is InChI=1S/C25H21BrNO2P.C18H19NO6.C11H14O5/c26-30(23-10-4-1-5-11-23,24-12-6-2-7-13-24,25-14-8-3-9-15-25)20-21-16-18-22(19-17-21)27(28)29;1-22-12-24-17-10-7-15(11-18(17)25-13-23-2)4-3-14-5-8-16(9-6-14)19(20)21;1-13-7-15-10-4-3-9(6-12)5-11(10)16-8-14-2/h1-19H,20H2;3-11H,12-13H2,1-2H3;3-6H,7-8H2,1-2H3. The number of benzene rings is 7. The zero-order chi connectivity index (χ0) is 50.9. The summed E-state index contributed by atoms with van der Waals surface area (Å²) in [6, 6.07) is 55.1. The summed E-state index contributed by atoms with van der Waals surface area (Å²) in [5, 5.41) is 22.4. The third-order valence-corrected chi connectivity index (χ3v) is 20.0. The molecule has 0 unspecified atom stereocenters. The minimum atomic E-state index is -3.08. The van der Waals surface area contributed by atoms with Crippen molar-refractivity contribution >= 4 is 66.5 Å². The van der Waals surface area contributed by atoms with Gasteiger partial charge in [0.2, 0.25) is 0 Å². The number of hydrogen-bond donors (Lipinski definition) is 0. The van der Waals surface area contributed by atoms with Crippen LogP contribution in [-0.4, -0.2) is 71.7 Å². The van der Waals surface area contributed by atoms with Crippen LogP contribution in [0.2, 0.25) is 0 Å². The third kappa shape index (κ3) is 15.1. The molecule has 17 heteroatoms. The first-order valence-electron chi connectivity index (χ1n) is 21.7. The number of rotatable bonds is 22. The number of carbonyl (C=O) groups is 1. The maximum atomic E-state index is 11.1. The molecule has 0 bridgehead atoms. The van der Waals surface area contributed by atoms with Crippen LogP contribution in [0.3, 0.4) is 0 Å². The molecule has 0 N–H and O–H groups in total. The van der Waals surface area contributed by atoms with Gasteiger partial charge in [0, 0.05) is 46.1 Å². The quantitative estimate of drug-likeness (QED) is 0.0157. The van der Waals surface area contributed by atoms with Crippen molar-refractivity contribution in [1.29, 1.82) is 0 Å². The number of halogens is 1. The molecule has 370 valence electrons. The van der Waals surface area contributed by atoms with Crippen molar-refractivity contribution in [3.63, 3.8) is 0 Å². The van der Waals surface area contributed by atoms with Gasteiger partial charge in [0.25, 0.3) is 5.69 Å². The topological polar surface area (TPSA) is 177 Å². The van der Waals surface area contributed by atoms with Crippen LogP contribution in [0.1, 0.15) is 27.0 Å². The number of nitrogens with zero attached hydrogens (tertiary/aromatic N) is 2. The summed E-state index contributed by atoms with van der Waals surface area (Å²) < 4.78 is 40.9. The third-order valence-electron chi connectivity index (χ3n) is 10.5. The summed E-state index contributed by atoms with van der Waals surface area (Å²) >= 11 is 4.40. The van der Waals surface area contributed by atoms with Crippen molar-refractivity contribution in [3.8, 4) is 23.0 Å². The van der Waals surface area contributed by atoms with Crippen LogP contribution in [0.5, 0.6) is 23.0 Å². The van der Waals surface area contributed by atoms with Crippen molar-refractivity contribution in [3.05, 3.63) is 218 Å². The van der Waals surface area contributed by atoms with Crippen LogP contribution >= 0.6 is 20.8 Å². The van der Waals surface area contributed by atoms with Gasteiger partial charge in [-0.15, -0.1) is 0 Å². The molecule has 0 amide bonds. The summed E-state index contributed by atoms with van der Waals surface area (Å²) in [5.74, 6) is 2.03. The van der Waals surface area contributed by atoms with Crippen LogP contribution < -0.4 is 34.9 Å². The molecule has 0 atom stereocenters. The Bertz CT molecular complexity index is 2690. The van der Waals surface area contributed by atoms with Gasteiger partial charge < -0.3 is 37.9 Å². The molecule has 7 aromatic carbocycles. The number of nitro benzene ring substituents is 2. The van der Waals surface area contributed by atoms with E-state index in [1.54, 1.807) is 48.5 Å². The van der Waals surface area contributed by atoms with Gasteiger partial charge in [-0.1, -0.05) is 18.2 Å². The number of hydrogen-bond acceptors (Lipinski definition) is 13. The van der Waals surface area contributed by atoms with E-state index >= 15 is 0 Å². The first-order valence-corrected chi connectivity index (χ1v) is 26.2. The second kappa shape index (κ2) is 27.8. The Labute approximate surface area is 420 Å². The molecule has 0 spiro atoms. The normalized spacial score (nSPS) is 11.4. The summed E-state index contributed by atoms with van der Waals surface area (Å²) in [5.41, 5.74) is 3.46. The predicted octanol–water partition coefficient (Wildman–Crippen LogP) is 11.1. The summed E-state index contributed by atoms with van der Waals surface area (Å²) in [7, 11) is 6.11. The number of ether oxygens (including phenoxy) is 8. The molecule has 71 heavy (non-hydrogen) atoms. The van der Waals surface area contributed by atoms with E-state index in [-0.39, 0.29) is 43.5 Å². The molecule has 7 aromatic rings. The SMILES string of the molecule is COCOc1ccc(C=Cc2ccc([N+](=O)[O-])cc2)cc1OCOC.COCOc1ccc(C=O)cc1OCOC.O=[N+]([O-])c1ccc(CP(Br)(c2ccccc2)(c2ccccc2)c2ccccc2)cc1. The Kier molecular flexibility index (Phi) is 21.4. The van der Waals surface area contributed by atoms with E-state index in [0.29, 0.717) is 34.7 Å². The Balaban J connectivity index is 0.000000208. The fourth-order valence-corrected chi connectivity index (χ4v) is 14.8. The monoisotopic (exact) mass is 1050 g/mol. The molecule has 0 aromatic heterocycles. The molecule has 0 aliphatic rings. The molecule has 0 aliphatic carbocycles. The van der Waals surface area contributed by atoms with Gasteiger partial charge in [-0.2, -0.15) is 0 Å². The van der Waals surface area contributed by atoms with Crippen molar-refractivity contribution in [1.82, 2.24) is 0 Å². The van der Waals surface area contributed by atoms with Gasteiger partial charge in [-0.3, -0.25) is 14.9 Å². The van der Waals surface area contributed by atoms with E-state index in [1.165, 1.54) is 56.5 Å². The number of carbonyl (C=O) groups excluding carboxylic acids is 1. The van der Waals surface area contributed by atoms with E-state index in [1.807, 2.05) is 54.6 Å². The Morgan fingerprint density at radius 2 is 0.789 bits per heavy atom. The average molecular weight is 1050 g/mol. The Morgan fingerprint density at radius 3 is 1.17 bits per heavy atom. The van der Waals surface area contributed by atoms with Crippen LogP contribution in [0.25, 0.3) is 12.2 Å².